The van der Waals surface area contributed by atoms with Crippen molar-refractivity contribution in [2.45, 2.75) is 20.3 Å². The Balaban J connectivity index is 1.68. The number of halogens is 1. The van der Waals surface area contributed by atoms with E-state index in [4.69, 9.17) is 11.6 Å². The third-order valence-electron chi connectivity index (χ3n) is 4.52. The Morgan fingerprint density at radius 2 is 1.85 bits per heavy atom. The van der Waals surface area contributed by atoms with Crippen LogP contribution in [0.5, 0.6) is 0 Å². The van der Waals surface area contributed by atoms with E-state index >= 15 is 0 Å². The maximum atomic E-state index is 12.5. The predicted octanol–water partition coefficient (Wildman–Crippen LogP) is 3.84. The largest absolute Gasteiger partial charge is 0.326 e. The van der Waals surface area contributed by atoms with Crippen LogP contribution in [0, 0.1) is 12.8 Å². The SMILES string of the molecule is CC(=O)c1ccc(NC(=O)[C@@H]2CC(=O)N(c3ccc(C)c(Cl)c3)C2)cc1. The number of ketones is 1. The van der Waals surface area contributed by atoms with E-state index in [0.717, 1.165) is 5.56 Å². The van der Waals surface area contributed by atoms with E-state index in [-0.39, 0.29) is 24.0 Å². The number of rotatable bonds is 4. The molecule has 0 unspecified atom stereocenters. The molecular weight excluding hydrogens is 352 g/mol. The molecule has 0 bridgehead atoms. The van der Waals surface area contributed by atoms with Gasteiger partial charge in [-0.25, -0.2) is 0 Å². The molecule has 2 amide bonds. The van der Waals surface area contributed by atoms with E-state index in [9.17, 15) is 14.4 Å². The molecule has 6 heteroatoms. The Hall–Kier alpha value is -2.66. The van der Waals surface area contributed by atoms with Gasteiger partial charge in [-0.2, -0.15) is 0 Å². The van der Waals surface area contributed by atoms with Gasteiger partial charge in [0, 0.05) is 34.9 Å². The molecule has 1 atom stereocenters. The van der Waals surface area contributed by atoms with Gasteiger partial charge in [0.1, 0.15) is 0 Å². The van der Waals surface area contributed by atoms with E-state index in [1.54, 1.807) is 35.2 Å². The first kappa shape index (κ1) is 18.1. The number of hydrogen-bond donors (Lipinski definition) is 1. The molecule has 1 aliphatic rings. The molecule has 0 spiro atoms. The minimum absolute atomic E-state index is 0.0309. The molecule has 2 aromatic carbocycles. The molecule has 5 nitrogen and oxygen atoms in total. The van der Waals surface area contributed by atoms with Gasteiger partial charge in [0.15, 0.2) is 5.78 Å². The first-order valence-corrected chi connectivity index (χ1v) is 8.71. The summed E-state index contributed by atoms with van der Waals surface area (Å²) in [7, 11) is 0. The third-order valence-corrected chi connectivity index (χ3v) is 4.93. The van der Waals surface area contributed by atoms with Crippen molar-refractivity contribution in [3.05, 3.63) is 58.6 Å². The highest BCUT2D eigenvalue weighted by molar-refractivity contribution is 6.31. The first-order valence-electron chi connectivity index (χ1n) is 8.33. The monoisotopic (exact) mass is 370 g/mol. The lowest BCUT2D eigenvalue weighted by Gasteiger charge is -2.17. The summed E-state index contributed by atoms with van der Waals surface area (Å²) in [6.45, 7) is 3.70. The lowest BCUT2D eigenvalue weighted by atomic mass is 10.1. The number of anilines is 2. The molecule has 1 heterocycles. The molecule has 1 saturated heterocycles. The highest BCUT2D eigenvalue weighted by Gasteiger charge is 2.35. The van der Waals surface area contributed by atoms with E-state index in [2.05, 4.69) is 5.32 Å². The van der Waals surface area contributed by atoms with Crippen LogP contribution in [0.25, 0.3) is 0 Å². The van der Waals surface area contributed by atoms with E-state index in [1.165, 1.54) is 6.92 Å². The van der Waals surface area contributed by atoms with Gasteiger partial charge in [-0.05, 0) is 55.8 Å². The fraction of sp³-hybridized carbons (Fsp3) is 0.250. The van der Waals surface area contributed by atoms with Crippen LogP contribution < -0.4 is 10.2 Å². The minimum atomic E-state index is -0.435. The zero-order chi connectivity index (χ0) is 18.8. The molecule has 134 valence electrons. The summed E-state index contributed by atoms with van der Waals surface area (Å²) in [6, 6.07) is 12.1. The molecule has 0 aliphatic carbocycles. The van der Waals surface area contributed by atoms with Gasteiger partial charge >= 0.3 is 0 Å². The topological polar surface area (TPSA) is 66.5 Å². The van der Waals surface area contributed by atoms with Gasteiger partial charge in [0.25, 0.3) is 0 Å². The molecule has 0 saturated carbocycles. The van der Waals surface area contributed by atoms with Crippen LogP contribution in [0.15, 0.2) is 42.5 Å². The molecular formula is C20H19ClN2O3. The van der Waals surface area contributed by atoms with Gasteiger partial charge in [-0.1, -0.05) is 17.7 Å². The Morgan fingerprint density at radius 3 is 2.46 bits per heavy atom. The van der Waals surface area contributed by atoms with Crippen LogP contribution in [0.2, 0.25) is 5.02 Å². The molecule has 1 fully saturated rings. The second-order valence-corrected chi connectivity index (χ2v) is 6.87. The number of nitrogens with zero attached hydrogens (tertiary/aromatic N) is 1. The van der Waals surface area contributed by atoms with Gasteiger partial charge in [0.2, 0.25) is 11.8 Å². The highest BCUT2D eigenvalue weighted by Crippen LogP contribution is 2.29. The Morgan fingerprint density at radius 1 is 1.15 bits per heavy atom. The van der Waals surface area contributed by atoms with Gasteiger partial charge in [0.05, 0.1) is 5.92 Å². The van der Waals surface area contributed by atoms with E-state index < -0.39 is 5.92 Å². The van der Waals surface area contributed by atoms with Crippen LogP contribution in [0.1, 0.15) is 29.3 Å². The van der Waals surface area contributed by atoms with Gasteiger partial charge in [-0.3, -0.25) is 14.4 Å². The number of amides is 2. The summed E-state index contributed by atoms with van der Waals surface area (Å²) in [5.41, 5.74) is 2.82. The normalized spacial score (nSPS) is 16.7. The molecule has 3 rings (SSSR count). The smallest absolute Gasteiger partial charge is 0.229 e. The third kappa shape index (κ3) is 3.78. The minimum Gasteiger partial charge on any atom is -0.326 e. The zero-order valence-electron chi connectivity index (χ0n) is 14.6. The summed E-state index contributed by atoms with van der Waals surface area (Å²) in [5.74, 6) is -0.779. The second-order valence-electron chi connectivity index (χ2n) is 6.46. The van der Waals surface area contributed by atoms with Crippen LogP contribution >= 0.6 is 11.6 Å². The summed E-state index contributed by atoms with van der Waals surface area (Å²) < 4.78 is 0. The maximum Gasteiger partial charge on any atom is 0.229 e. The predicted molar refractivity (Wildman–Crippen MR) is 102 cm³/mol. The molecule has 1 aliphatic heterocycles. The number of aryl methyl sites for hydroxylation is 1. The molecule has 0 radical (unpaired) electrons. The van der Waals surface area contributed by atoms with Crippen molar-refractivity contribution in [3.63, 3.8) is 0 Å². The molecule has 2 aromatic rings. The molecule has 26 heavy (non-hydrogen) atoms. The van der Waals surface area contributed by atoms with Crippen LogP contribution in [0.3, 0.4) is 0 Å². The molecule has 1 N–H and O–H groups in total. The van der Waals surface area contributed by atoms with Crippen molar-refractivity contribution in [1.29, 1.82) is 0 Å². The quantitative estimate of drug-likeness (QED) is 0.831. The van der Waals surface area contributed by atoms with Crippen LogP contribution in [0.4, 0.5) is 11.4 Å². The zero-order valence-corrected chi connectivity index (χ0v) is 15.3. The number of hydrogen-bond acceptors (Lipinski definition) is 3. The Kier molecular flexibility index (Phi) is 5.09. The number of benzene rings is 2. The average molecular weight is 371 g/mol. The second kappa shape index (κ2) is 7.30. The lowest BCUT2D eigenvalue weighted by Crippen LogP contribution is -2.28. The number of carbonyl (C=O) groups is 3. The maximum absolute atomic E-state index is 12.5. The van der Waals surface area contributed by atoms with Crippen molar-refractivity contribution in [2.24, 2.45) is 5.92 Å². The van der Waals surface area contributed by atoms with Crippen LogP contribution in [-0.4, -0.2) is 24.1 Å². The fourth-order valence-corrected chi connectivity index (χ4v) is 3.09. The van der Waals surface area contributed by atoms with Crippen molar-refractivity contribution in [3.8, 4) is 0 Å². The number of nitrogens with one attached hydrogen (secondary N) is 1. The number of Topliss-reactive ketones (excluding diaryl/α,β-unsaturated/α-hetero) is 1. The first-order chi connectivity index (χ1) is 12.3. The average Bonchev–Trinajstić information content (AvgIpc) is 3.00. The summed E-state index contributed by atoms with van der Waals surface area (Å²) in [4.78, 5) is 37.7. The van der Waals surface area contributed by atoms with E-state index in [1.807, 2.05) is 19.1 Å². The number of carbonyl (C=O) groups excluding carboxylic acids is 3. The van der Waals surface area contributed by atoms with Crippen LogP contribution in [-0.2, 0) is 9.59 Å². The van der Waals surface area contributed by atoms with Crippen molar-refractivity contribution in [2.75, 3.05) is 16.8 Å². The van der Waals surface area contributed by atoms with Gasteiger partial charge < -0.3 is 10.2 Å². The van der Waals surface area contributed by atoms with Gasteiger partial charge in [-0.15, -0.1) is 0 Å². The fourth-order valence-electron chi connectivity index (χ4n) is 2.91. The van der Waals surface area contributed by atoms with E-state index in [0.29, 0.717) is 28.5 Å². The lowest BCUT2D eigenvalue weighted by molar-refractivity contribution is -0.122. The Labute approximate surface area is 156 Å². The highest BCUT2D eigenvalue weighted by atomic mass is 35.5. The Bertz CT molecular complexity index is 877. The van der Waals surface area contributed by atoms with Crippen molar-refractivity contribution >= 4 is 40.6 Å². The van der Waals surface area contributed by atoms with Crippen molar-refractivity contribution < 1.29 is 14.4 Å². The summed E-state index contributed by atoms with van der Waals surface area (Å²) in [6.07, 6.45) is 0.156. The summed E-state index contributed by atoms with van der Waals surface area (Å²) >= 11 is 6.14. The molecule has 0 aromatic heterocycles. The van der Waals surface area contributed by atoms with Crippen molar-refractivity contribution in [1.82, 2.24) is 0 Å². The standard InChI is InChI=1S/C20H19ClN2O3/c1-12-3-8-17(10-18(12)21)23-11-15(9-19(23)25)20(26)22-16-6-4-14(5-7-16)13(2)24/h3-8,10,15H,9,11H2,1-2H3,(H,22,26)/t15-/m1/s1. The summed E-state index contributed by atoms with van der Waals surface area (Å²) in [5, 5.41) is 3.40.